The van der Waals surface area contributed by atoms with Gasteiger partial charge in [-0.2, -0.15) is 0 Å². The van der Waals surface area contributed by atoms with Crippen molar-refractivity contribution in [3.63, 3.8) is 0 Å². The Labute approximate surface area is 90.6 Å². The zero-order valence-corrected chi connectivity index (χ0v) is 9.22. The van der Waals surface area contributed by atoms with Crippen LogP contribution in [-0.4, -0.2) is 23.4 Å². The minimum Gasteiger partial charge on any atom is -0.370 e. The molecule has 80 valence electrons. The lowest BCUT2D eigenvalue weighted by molar-refractivity contribution is 0.290. The monoisotopic (exact) mass is 203 g/mol. The fraction of sp³-hybridized carbons (Fsp3) is 0.417. The van der Waals surface area contributed by atoms with Gasteiger partial charge in [0, 0.05) is 6.04 Å². The van der Waals surface area contributed by atoms with E-state index in [9.17, 15) is 0 Å². The molecule has 3 nitrogen and oxygen atoms in total. The molecule has 0 radical (unpaired) electrons. The Morgan fingerprint density at radius 2 is 2.00 bits per heavy atom. The standard InChI is InChI=1S/C12H17N3/c1-9(2)15-11(8-14-12(15)13)10-6-4-3-5-7-10/h3-7,9,11H,8H2,1-2H3,(H2,13,14). The van der Waals surface area contributed by atoms with E-state index in [0.717, 1.165) is 6.54 Å². The van der Waals surface area contributed by atoms with Crippen molar-refractivity contribution in [1.82, 2.24) is 4.90 Å². The Balaban J connectivity index is 2.25. The first-order valence-corrected chi connectivity index (χ1v) is 5.33. The second kappa shape index (κ2) is 3.93. The summed E-state index contributed by atoms with van der Waals surface area (Å²) in [5.41, 5.74) is 7.17. The van der Waals surface area contributed by atoms with E-state index >= 15 is 0 Å². The van der Waals surface area contributed by atoms with Crippen LogP contribution in [0.1, 0.15) is 25.5 Å². The van der Waals surface area contributed by atoms with E-state index in [-0.39, 0.29) is 0 Å². The summed E-state index contributed by atoms with van der Waals surface area (Å²) >= 11 is 0. The molecule has 2 rings (SSSR count). The van der Waals surface area contributed by atoms with E-state index in [2.05, 4.69) is 48.0 Å². The Bertz CT molecular complexity index is 356. The summed E-state index contributed by atoms with van der Waals surface area (Å²) in [4.78, 5) is 6.49. The highest BCUT2D eigenvalue weighted by molar-refractivity contribution is 5.80. The molecule has 1 atom stereocenters. The van der Waals surface area contributed by atoms with Crippen molar-refractivity contribution >= 4 is 5.96 Å². The Kier molecular flexibility index (Phi) is 2.62. The largest absolute Gasteiger partial charge is 0.370 e. The molecule has 1 aliphatic rings. The zero-order valence-electron chi connectivity index (χ0n) is 9.22. The maximum absolute atomic E-state index is 5.88. The number of benzene rings is 1. The van der Waals surface area contributed by atoms with Crippen LogP contribution in [0.4, 0.5) is 0 Å². The summed E-state index contributed by atoms with van der Waals surface area (Å²) in [5, 5.41) is 0. The van der Waals surface area contributed by atoms with Crippen LogP contribution in [0.3, 0.4) is 0 Å². The molecule has 3 heteroatoms. The number of nitrogens with zero attached hydrogens (tertiary/aromatic N) is 2. The van der Waals surface area contributed by atoms with Crippen LogP contribution in [0, 0.1) is 0 Å². The normalized spacial score (nSPS) is 20.9. The van der Waals surface area contributed by atoms with Crippen LogP contribution >= 0.6 is 0 Å². The molecular weight excluding hydrogens is 186 g/mol. The lowest BCUT2D eigenvalue weighted by Crippen LogP contribution is -2.40. The minimum absolute atomic E-state index is 0.311. The molecule has 0 bridgehead atoms. The van der Waals surface area contributed by atoms with Gasteiger partial charge in [-0.3, -0.25) is 4.99 Å². The quantitative estimate of drug-likeness (QED) is 0.796. The second-order valence-corrected chi connectivity index (χ2v) is 4.13. The van der Waals surface area contributed by atoms with Crippen LogP contribution < -0.4 is 5.73 Å². The molecule has 1 unspecified atom stereocenters. The van der Waals surface area contributed by atoms with Crippen molar-refractivity contribution in [2.75, 3.05) is 6.54 Å². The van der Waals surface area contributed by atoms with Gasteiger partial charge in [0.25, 0.3) is 0 Å². The molecule has 1 aliphatic heterocycles. The van der Waals surface area contributed by atoms with E-state index in [4.69, 9.17) is 5.73 Å². The summed E-state index contributed by atoms with van der Waals surface area (Å²) in [6, 6.07) is 11.1. The zero-order chi connectivity index (χ0) is 10.8. The predicted octanol–water partition coefficient (Wildman–Crippen LogP) is 1.77. The molecule has 2 N–H and O–H groups in total. The molecule has 0 spiro atoms. The van der Waals surface area contributed by atoms with Crippen LogP contribution in [0.2, 0.25) is 0 Å². The Morgan fingerprint density at radius 3 is 2.60 bits per heavy atom. The molecule has 0 saturated carbocycles. The van der Waals surface area contributed by atoms with Crippen molar-refractivity contribution in [2.24, 2.45) is 10.7 Å². The molecule has 1 aromatic rings. The van der Waals surface area contributed by atoms with Gasteiger partial charge in [0.15, 0.2) is 5.96 Å². The molecule has 0 aromatic heterocycles. The average Bonchev–Trinajstić information content (AvgIpc) is 2.61. The summed E-state index contributed by atoms with van der Waals surface area (Å²) in [5.74, 6) is 0.666. The van der Waals surface area contributed by atoms with E-state index in [1.807, 2.05) is 6.07 Å². The molecule has 0 saturated heterocycles. The predicted molar refractivity (Wildman–Crippen MR) is 62.6 cm³/mol. The molecule has 15 heavy (non-hydrogen) atoms. The van der Waals surface area contributed by atoms with Crippen molar-refractivity contribution in [2.45, 2.75) is 25.9 Å². The molecular formula is C12H17N3. The highest BCUT2D eigenvalue weighted by atomic mass is 15.3. The summed E-state index contributed by atoms with van der Waals surface area (Å²) < 4.78 is 0. The second-order valence-electron chi connectivity index (χ2n) is 4.13. The van der Waals surface area contributed by atoms with Gasteiger partial charge in [-0.25, -0.2) is 0 Å². The third kappa shape index (κ3) is 1.82. The van der Waals surface area contributed by atoms with Gasteiger partial charge in [0.05, 0.1) is 12.6 Å². The SMILES string of the molecule is CC(C)N1C(N)=NCC1c1ccccc1. The first-order valence-electron chi connectivity index (χ1n) is 5.33. The molecule has 0 aliphatic carbocycles. The van der Waals surface area contributed by atoms with Gasteiger partial charge in [0.1, 0.15) is 0 Å². The number of aliphatic imine (C=N–C) groups is 1. The number of hydrogen-bond donors (Lipinski definition) is 1. The third-order valence-corrected chi connectivity index (χ3v) is 2.77. The maximum atomic E-state index is 5.88. The lowest BCUT2D eigenvalue weighted by Gasteiger charge is -2.30. The highest BCUT2D eigenvalue weighted by Gasteiger charge is 2.28. The average molecular weight is 203 g/mol. The van der Waals surface area contributed by atoms with Crippen LogP contribution in [0.5, 0.6) is 0 Å². The van der Waals surface area contributed by atoms with E-state index < -0.39 is 0 Å². The summed E-state index contributed by atoms with van der Waals surface area (Å²) in [7, 11) is 0. The van der Waals surface area contributed by atoms with E-state index in [0.29, 0.717) is 18.0 Å². The van der Waals surface area contributed by atoms with Crippen molar-refractivity contribution in [3.8, 4) is 0 Å². The number of guanidine groups is 1. The van der Waals surface area contributed by atoms with Gasteiger partial charge in [0.2, 0.25) is 0 Å². The van der Waals surface area contributed by atoms with E-state index in [1.165, 1.54) is 5.56 Å². The van der Waals surface area contributed by atoms with Crippen LogP contribution in [-0.2, 0) is 0 Å². The minimum atomic E-state index is 0.311. The highest BCUT2D eigenvalue weighted by Crippen LogP contribution is 2.26. The van der Waals surface area contributed by atoms with Gasteiger partial charge >= 0.3 is 0 Å². The van der Waals surface area contributed by atoms with Crippen molar-refractivity contribution in [3.05, 3.63) is 35.9 Å². The van der Waals surface area contributed by atoms with Crippen LogP contribution in [0.15, 0.2) is 35.3 Å². The van der Waals surface area contributed by atoms with Crippen molar-refractivity contribution in [1.29, 1.82) is 0 Å². The maximum Gasteiger partial charge on any atom is 0.192 e. The molecule has 1 heterocycles. The van der Waals surface area contributed by atoms with Crippen molar-refractivity contribution < 1.29 is 0 Å². The third-order valence-electron chi connectivity index (χ3n) is 2.77. The summed E-state index contributed by atoms with van der Waals surface area (Å²) in [6.45, 7) is 5.06. The molecule has 0 amide bonds. The smallest absolute Gasteiger partial charge is 0.192 e. The Morgan fingerprint density at radius 1 is 1.33 bits per heavy atom. The fourth-order valence-corrected chi connectivity index (χ4v) is 2.07. The first kappa shape index (κ1) is 10.0. The first-order chi connectivity index (χ1) is 7.20. The van der Waals surface area contributed by atoms with Gasteiger partial charge < -0.3 is 10.6 Å². The van der Waals surface area contributed by atoms with Gasteiger partial charge in [-0.05, 0) is 19.4 Å². The number of hydrogen-bond acceptors (Lipinski definition) is 3. The molecule has 0 fully saturated rings. The number of nitrogens with two attached hydrogens (primary N) is 1. The number of rotatable bonds is 2. The lowest BCUT2D eigenvalue weighted by atomic mass is 10.1. The van der Waals surface area contributed by atoms with Crippen LogP contribution in [0.25, 0.3) is 0 Å². The van der Waals surface area contributed by atoms with E-state index in [1.54, 1.807) is 0 Å². The van der Waals surface area contributed by atoms with Gasteiger partial charge in [-0.15, -0.1) is 0 Å². The Hall–Kier alpha value is -1.51. The summed E-state index contributed by atoms with van der Waals surface area (Å²) in [6.07, 6.45) is 0. The van der Waals surface area contributed by atoms with Gasteiger partial charge in [-0.1, -0.05) is 30.3 Å². The topological polar surface area (TPSA) is 41.6 Å². The molecule has 1 aromatic carbocycles. The fourth-order valence-electron chi connectivity index (χ4n) is 2.07.